The van der Waals surface area contributed by atoms with Gasteiger partial charge < -0.3 is 24.7 Å². The van der Waals surface area contributed by atoms with Crippen molar-refractivity contribution in [3.8, 4) is 11.5 Å². The smallest absolute Gasteiger partial charge is 0.322 e. The summed E-state index contributed by atoms with van der Waals surface area (Å²) < 4.78 is 10.6. The van der Waals surface area contributed by atoms with Crippen molar-refractivity contribution in [1.29, 1.82) is 0 Å². The number of carbonyl (C=O) groups excluding carboxylic acids is 1. The summed E-state index contributed by atoms with van der Waals surface area (Å²) in [6.45, 7) is 0.605. The maximum atomic E-state index is 12.8. The molecule has 1 aliphatic rings. The number of amides is 2. The Morgan fingerprint density at radius 2 is 1.91 bits per heavy atom. The third kappa shape index (κ3) is 5.07. The Morgan fingerprint density at radius 3 is 2.64 bits per heavy atom. The van der Waals surface area contributed by atoms with Crippen LogP contribution < -0.4 is 20.3 Å². The molecule has 1 aliphatic heterocycles. The van der Waals surface area contributed by atoms with Crippen LogP contribution >= 0.6 is 23.2 Å². The van der Waals surface area contributed by atoms with Crippen molar-refractivity contribution in [2.75, 3.05) is 26.1 Å². The quantitative estimate of drug-likeness (QED) is 0.558. The first-order chi connectivity index (χ1) is 15.9. The van der Waals surface area contributed by atoms with Crippen LogP contribution in [0.3, 0.4) is 0 Å². The number of aromatic amines is 1. The summed E-state index contributed by atoms with van der Waals surface area (Å²) in [6.07, 6.45) is 0.914. The van der Waals surface area contributed by atoms with Gasteiger partial charge in [0.1, 0.15) is 5.82 Å². The Hall–Kier alpha value is -3.23. The third-order valence-electron chi connectivity index (χ3n) is 5.40. The summed E-state index contributed by atoms with van der Waals surface area (Å²) in [5.74, 6) is 1.80. The van der Waals surface area contributed by atoms with Crippen molar-refractivity contribution in [1.82, 2.24) is 14.9 Å². The molecule has 0 radical (unpaired) electrons. The molecule has 2 N–H and O–H groups in total. The first-order valence-corrected chi connectivity index (χ1v) is 11.0. The predicted octanol–water partition coefficient (Wildman–Crippen LogP) is 4.27. The zero-order chi connectivity index (χ0) is 23.5. The Morgan fingerprint density at radius 1 is 1.12 bits per heavy atom. The van der Waals surface area contributed by atoms with E-state index >= 15 is 0 Å². The lowest BCUT2D eigenvalue weighted by Crippen LogP contribution is -2.42. The molecule has 33 heavy (non-hydrogen) atoms. The summed E-state index contributed by atoms with van der Waals surface area (Å²) in [4.78, 5) is 34.5. The number of fused-ring (bicyclic) bond motifs is 1. The largest absolute Gasteiger partial charge is 0.493 e. The molecular formula is C23H22Cl2N4O4. The van der Waals surface area contributed by atoms with E-state index in [0.29, 0.717) is 63.7 Å². The van der Waals surface area contributed by atoms with Crippen LogP contribution in [0.2, 0.25) is 10.0 Å². The highest BCUT2D eigenvalue weighted by Crippen LogP contribution is 2.28. The van der Waals surface area contributed by atoms with Gasteiger partial charge in [-0.3, -0.25) is 4.79 Å². The molecule has 0 spiro atoms. The number of halogens is 2. The lowest BCUT2D eigenvalue weighted by atomic mass is 10.1. The van der Waals surface area contributed by atoms with Gasteiger partial charge in [-0.05, 0) is 35.9 Å². The molecule has 0 saturated carbocycles. The summed E-state index contributed by atoms with van der Waals surface area (Å²) >= 11 is 11.9. The second-order valence-corrected chi connectivity index (χ2v) is 8.35. The van der Waals surface area contributed by atoms with Gasteiger partial charge in [0.2, 0.25) is 0 Å². The average molecular weight is 489 g/mol. The number of ether oxygens (including phenoxy) is 2. The molecule has 172 valence electrons. The number of nitrogens with zero attached hydrogens (tertiary/aromatic N) is 2. The van der Waals surface area contributed by atoms with Crippen molar-refractivity contribution in [3.05, 3.63) is 79.4 Å². The number of anilines is 1. The topological polar surface area (TPSA) is 96.5 Å². The summed E-state index contributed by atoms with van der Waals surface area (Å²) in [7, 11) is 3.15. The van der Waals surface area contributed by atoms with Gasteiger partial charge in [0.15, 0.2) is 11.5 Å². The minimum Gasteiger partial charge on any atom is -0.493 e. The van der Waals surface area contributed by atoms with Crippen LogP contribution in [0.25, 0.3) is 0 Å². The number of hydrogen-bond acceptors (Lipinski definition) is 5. The van der Waals surface area contributed by atoms with Gasteiger partial charge >= 0.3 is 6.03 Å². The Kier molecular flexibility index (Phi) is 6.76. The molecule has 0 aliphatic carbocycles. The monoisotopic (exact) mass is 488 g/mol. The fourth-order valence-corrected chi connectivity index (χ4v) is 3.99. The standard InChI is InChI=1S/C23H22Cl2N4O4/c1-32-19-6-3-13(9-20(19)33-2)10-21-27-18-7-8-29(12-15(18)22(30)28-21)23(31)26-14-4-5-16(24)17(25)11-14/h3-6,9,11H,7-8,10,12H2,1-2H3,(H,26,31)(H,27,28,30). The van der Waals surface area contributed by atoms with Gasteiger partial charge in [0.05, 0.1) is 42.1 Å². The Labute approximate surface area is 200 Å². The molecule has 4 rings (SSSR count). The second kappa shape index (κ2) is 9.72. The summed E-state index contributed by atoms with van der Waals surface area (Å²) in [5, 5.41) is 3.54. The zero-order valence-electron chi connectivity index (χ0n) is 18.1. The Bertz CT molecular complexity index is 1260. The molecular weight excluding hydrogens is 467 g/mol. The SMILES string of the molecule is COc1ccc(Cc2nc3c(c(=O)[nH]2)CN(C(=O)Nc2ccc(Cl)c(Cl)c2)CC3)cc1OC. The number of H-pyrrole nitrogens is 1. The lowest BCUT2D eigenvalue weighted by molar-refractivity contribution is 0.205. The van der Waals surface area contributed by atoms with E-state index in [1.165, 1.54) is 0 Å². The minimum atomic E-state index is -0.326. The molecule has 1 aromatic heterocycles. The van der Waals surface area contributed by atoms with Gasteiger partial charge in [-0.2, -0.15) is 0 Å². The lowest BCUT2D eigenvalue weighted by Gasteiger charge is -2.28. The molecule has 0 saturated heterocycles. The highest BCUT2D eigenvalue weighted by molar-refractivity contribution is 6.42. The van der Waals surface area contributed by atoms with Crippen molar-refractivity contribution in [3.63, 3.8) is 0 Å². The van der Waals surface area contributed by atoms with Crippen LogP contribution in [0.4, 0.5) is 10.5 Å². The molecule has 2 heterocycles. The van der Waals surface area contributed by atoms with E-state index in [-0.39, 0.29) is 18.1 Å². The molecule has 2 aromatic carbocycles. The highest BCUT2D eigenvalue weighted by atomic mass is 35.5. The van der Waals surface area contributed by atoms with E-state index in [4.69, 9.17) is 32.7 Å². The van der Waals surface area contributed by atoms with Gasteiger partial charge in [-0.1, -0.05) is 29.3 Å². The van der Waals surface area contributed by atoms with E-state index in [1.54, 1.807) is 37.3 Å². The summed E-state index contributed by atoms with van der Waals surface area (Å²) in [5.41, 5.74) is 2.39. The van der Waals surface area contributed by atoms with E-state index in [1.807, 2.05) is 18.2 Å². The fourth-order valence-electron chi connectivity index (χ4n) is 3.69. The zero-order valence-corrected chi connectivity index (χ0v) is 19.6. The van der Waals surface area contributed by atoms with Crippen molar-refractivity contribution in [2.45, 2.75) is 19.4 Å². The molecule has 3 aromatic rings. The van der Waals surface area contributed by atoms with Crippen LogP contribution in [-0.2, 0) is 19.4 Å². The van der Waals surface area contributed by atoms with Gasteiger partial charge in [-0.25, -0.2) is 9.78 Å². The fraction of sp³-hybridized carbons (Fsp3) is 0.261. The van der Waals surface area contributed by atoms with Crippen LogP contribution in [-0.4, -0.2) is 41.7 Å². The van der Waals surface area contributed by atoms with Crippen molar-refractivity contribution in [2.24, 2.45) is 0 Å². The van der Waals surface area contributed by atoms with E-state index < -0.39 is 0 Å². The maximum absolute atomic E-state index is 12.8. The molecule has 0 fully saturated rings. The Balaban J connectivity index is 1.48. The number of rotatable bonds is 5. The maximum Gasteiger partial charge on any atom is 0.322 e. The molecule has 0 atom stereocenters. The normalized spacial score (nSPS) is 12.8. The first-order valence-electron chi connectivity index (χ1n) is 10.2. The minimum absolute atomic E-state index is 0.168. The van der Waals surface area contributed by atoms with Gasteiger partial charge in [0.25, 0.3) is 5.56 Å². The molecule has 0 unspecified atom stereocenters. The highest BCUT2D eigenvalue weighted by Gasteiger charge is 2.25. The number of carbonyl (C=O) groups is 1. The number of urea groups is 1. The van der Waals surface area contributed by atoms with Crippen molar-refractivity contribution < 1.29 is 14.3 Å². The van der Waals surface area contributed by atoms with E-state index in [0.717, 1.165) is 5.56 Å². The van der Waals surface area contributed by atoms with Crippen molar-refractivity contribution >= 4 is 34.9 Å². The first kappa shape index (κ1) is 22.9. The molecule has 0 bridgehead atoms. The molecule has 10 heteroatoms. The molecule has 8 nitrogen and oxygen atoms in total. The van der Waals surface area contributed by atoms with Crippen LogP contribution in [0, 0.1) is 0 Å². The second-order valence-electron chi connectivity index (χ2n) is 7.53. The predicted molar refractivity (Wildman–Crippen MR) is 127 cm³/mol. The average Bonchev–Trinajstić information content (AvgIpc) is 2.81. The van der Waals surface area contributed by atoms with E-state index in [2.05, 4.69) is 15.3 Å². The summed E-state index contributed by atoms with van der Waals surface area (Å²) in [6, 6.07) is 10.1. The van der Waals surface area contributed by atoms with Crippen LogP contribution in [0.1, 0.15) is 22.6 Å². The molecule has 2 amide bonds. The van der Waals surface area contributed by atoms with Crippen LogP contribution in [0.15, 0.2) is 41.2 Å². The van der Waals surface area contributed by atoms with Gasteiger partial charge in [-0.15, -0.1) is 0 Å². The van der Waals surface area contributed by atoms with E-state index in [9.17, 15) is 9.59 Å². The third-order valence-corrected chi connectivity index (χ3v) is 6.13. The number of methoxy groups -OCH3 is 2. The number of nitrogens with one attached hydrogen (secondary N) is 2. The van der Waals surface area contributed by atoms with Gasteiger partial charge in [0, 0.05) is 25.1 Å². The number of aromatic nitrogens is 2. The van der Waals surface area contributed by atoms with Crippen LogP contribution in [0.5, 0.6) is 11.5 Å². The number of hydrogen-bond donors (Lipinski definition) is 2. The number of benzene rings is 2.